The molecule has 1 aromatic heterocycles. The van der Waals surface area contributed by atoms with Gasteiger partial charge in [-0.3, -0.25) is 4.98 Å². The molecule has 16 heavy (non-hydrogen) atoms. The molecule has 0 fully saturated rings. The Balaban J connectivity index is 2.94. The van der Waals surface area contributed by atoms with E-state index in [2.05, 4.69) is 4.98 Å². The van der Waals surface area contributed by atoms with Crippen LogP contribution in [0.1, 0.15) is 5.56 Å². The molecule has 84 valence electrons. The van der Waals surface area contributed by atoms with Gasteiger partial charge in [-0.2, -0.15) is 0 Å². The normalized spacial score (nSPS) is 12.0. The molecule has 1 aromatic carbocycles. The molecule has 2 nitrogen and oxygen atoms in total. The molecule has 0 spiro atoms. The van der Waals surface area contributed by atoms with Crippen molar-refractivity contribution >= 4 is 23.3 Å². The van der Waals surface area contributed by atoms with Crippen LogP contribution in [-0.2, 0) is 4.57 Å². The van der Waals surface area contributed by atoms with E-state index in [0.29, 0.717) is 10.9 Å². The Kier molecular flexibility index (Phi) is 2.59. The van der Waals surface area contributed by atoms with E-state index in [4.69, 9.17) is 0 Å². The zero-order valence-electron chi connectivity index (χ0n) is 9.49. The summed E-state index contributed by atoms with van der Waals surface area (Å²) in [7, 11) is -2.43. The lowest BCUT2D eigenvalue weighted by Crippen LogP contribution is -2.09. The summed E-state index contributed by atoms with van der Waals surface area (Å²) in [6.45, 7) is 5.28. The van der Waals surface area contributed by atoms with Gasteiger partial charge in [0.15, 0.2) is 0 Å². The molecule has 1 heterocycles. The third-order valence-corrected chi connectivity index (χ3v) is 4.21. The molecule has 0 aliphatic heterocycles. The molecular weight excluding hydrogens is 224 g/mol. The van der Waals surface area contributed by atoms with Gasteiger partial charge in [-0.05, 0) is 37.9 Å². The van der Waals surface area contributed by atoms with E-state index in [1.54, 1.807) is 13.3 Å². The molecule has 2 aromatic rings. The Morgan fingerprint density at radius 2 is 2.00 bits per heavy atom. The van der Waals surface area contributed by atoms with Crippen LogP contribution < -0.4 is 5.30 Å². The van der Waals surface area contributed by atoms with E-state index in [-0.39, 0.29) is 0 Å². The zero-order chi connectivity index (χ0) is 11.9. The van der Waals surface area contributed by atoms with Crippen molar-refractivity contribution in [1.29, 1.82) is 0 Å². The van der Waals surface area contributed by atoms with E-state index in [9.17, 15) is 8.96 Å². The maximum Gasteiger partial charge on any atom is 0.142 e. The minimum absolute atomic E-state index is 0.396. The third-order valence-electron chi connectivity index (χ3n) is 2.54. The first-order valence-corrected chi connectivity index (χ1v) is 7.60. The second-order valence-electron chi connectivity index (χ2n) is 4.30. The second-order valence-corrected chi connectivity index (χ2v) is 7.45. The summed E-state index contributed by atoms with van der Waals surface area (Å²) >= 11 is 0. The van der Waals surface area contributed by atoms with Crippen LogP contribution in [0, 0.1) is 12.7 Å². The number of hydrogen-bond donors (Lipinski definition) is 0. The van der Waals surface area contributed by atoms with E-state index >= 15 is 0 Å². The Morgan fingerprint density at radius 1 is 1.31 bits per heavy atom. The van der Waals surface area contributed by atoms with Crippen molar-refractivity contribution in [3.63, 3.8) is 0 Å². The highest BCUT2D eigenvalue weighted by molar-refractivity contribution is 7.70. The lowest BCUT2D eigenvalue weighted by Gasteiger charge is -2.13. The molecule has 0 unspecified atom stereocenters. The van der Waals surface area contributed by atoms with Gasteiger partial charge in [-0.1, -0.05) is 6.07 Å². The number of aromatic nitrogens is 1. The van der Waals surface area contributed by atoms with Crippen LogP contribution in [0.3, 0.4) is 0 Å². The van der Waals surface area contributed by atoms with Gasteiger partial charge < -0.3 is 4.57 Å². The number of fused-ring (bicyclic) bond motifs is 1. The van der Waals surface area contributed by atoms with Gasteiger partial charge in [0, 0.05) is 10.7 Å². The topological polar surface area (TPSA) is 30.0 Å². The quantitative estimate of drug-likeness (QED) is 0.714. The number of hydrogen-bond acceptors (Lipinski definition) is 2. The molecule has 0 atom stereocenters. The zero-order valence-corrected chi connectivity index (χ0v) is 10.4. The number of aryl methyl sites for hydroxylation is 1. The molecule has 0 bridgehead atoms. The summed E-state index contributed by atoms with van der Waals surface area (Å²) in [4.78, 5) is 4.00. The van der Waals surface area contributed by atoms with Crippen molar-refractivity contribution < 1.29 is 8.96 Å². The van der Waals surface area contributed by atoms with E-state index < -0.39 is 13.0 Å². The molecule has 2 rings (SSSR count). The van der Waals surface area contributed by atoms with Gasteiger partial charge in [0.2, 0.25) is 0 Å². The SMILES string of the molecule is Cc1ccc2ncc(F)cc2c1P(C)(C)=O. The summed E-state index contributed by atoms with van der Waals surface area (Å²) in [5, 5.41) is 1.39. The van der Waals surface area contributed by atoms with Gasteiger partial charge in [0.05, 0.1) is 11.7 Å². The Morgan fingerprint density at radius 3 is 2.62 bits per heavy atom. The highest BCUT2D eigenvalue weighted by Crippen LogP contribution is 2.38. The van der Waals surface area contributed by atoms with Crippen molar-refractivity contribution in [2.75, 3.05) is 13.3 Å². The van der Waals surface area contributed by atoms with Gasteiger partial charge in [0.25, 0.3) is 0 Å². The van der Waals surface area contributed by atoms with Crippen LogP contribution in [0.4, 0.5) is 4.39 Å². The molecule has 0 saturated carbocycles. The maximum atomic E-state index is 13.2. The standard InChI is InChI=1S/C12H13FNOP/c1-8-4-5-11-10(6-9(13)7-14-11)12(8)16(2,3)15/h4-7H,1-3H3. The van der Waals surface area contributed by atoms with Gasteiger partial charge in [-0.15, -0.1) is 0 Å². The highest BCUT2D eigenvalue weighted by Gasteiger charge is 2.18. The number of halogens is 1. The number of benzene rings is 1. The minimum Gasteiger partial charge on any atom is -0.319 e. The average molecular weight is 237 g/mol. The molecule has 0 aliphatic rings. The van der Waals surface area contributed by atoms with Crippen molar-refractivity contribution in [3.8, 4) is 0 Å². The predicted molar refractivity (Wildman–Crippen MR) is 65.5 cm³/mol. The first kappa shape index (κ1) is 11.3. The monoisotopic (exact) mass is 237 g/mol. The van der Waals surface area contributed by atoms with Crippen LogP contribution in [0.15, 0.2) is 24.4 Å². The smallest absolute Gasteiger partial charge is 0.142 e. The van der Waals surface area contributed by atoms with Gasteiger partial charge >= 0.3 is 0 Å². The average Bonchev–Trinajstić information content (AvgIpc) is 2.14. The van der Waals surface area contributed by atoms with Crippen LogP contribution in [0.25, 0.3) is 10.9 Å². The summed E-state index contributed by atoms with van der Waals surface area (Å²) in [6.07, 6.45) is 1.18. The summed E-state index contributed by atoms with van der Waals surface area (Å²) in [5.74, 6) is -0.396. The van der Waals surface area contributed by atoms with Crippen LogP contribution in [0.2, 0.25) is 0 Å². The molecule has 4 heteroatoms. The van der Waals surface area contributed by atoms with Crippen LogP contribution >= 0.6 is 7.14 Å². The van der Waals surface area contributed by atoms with Crippen molar-refractivity contribution in [1.82, 2.24) is 4.98 Å². The van der Waals surface area contributed by atoms with Crippen molar-refractivity contribution in [2.24, 2.45) is 0 Å². The second kappa shape index (κ2) is 3.67. The molecule has 0 saturated heterocycles. The molecule has 0 aliphatic carbocycles. The van der Waals surface area contributed by atoms with Crippen molar-refractivity contribution in [2.45, 2.75) is 6.92 Å². The fraction of sp³-hybridized carbons (Fsp3) is 0.250. The maximum absolute atomic E-state index is 13.2. The summed E-state index contributed by atoms with van der Waals surface area (Å²) < 4.78 is 25.4. The van der Waals surface area contributed by atoms with E-state index in [0.717, 1.165) is 10.9 Å². The molecule has 0 amide bonds. The van der Waals surface area contributed by atoms with Crippen molar-refractivity contribution in [3.05, 3.63) is 35.8 Å². The van der Waals surface area contributed by atoms with Gasteiger partial charge in [0.1, 0.15) is 13.0 Å². The fourth-order valence-corrected chi connectivity index (χ4v) is 3.67. The molecular formula is C12H13FNOP. The Hall–Kier alpha value is -1.21. The lowest BCUT2D eigenvalue weighted by molar-refractivity contribution is 0.588. The lowest BCUT2D eigenvalue weighted by atomic mass is 10.1. The van der Waals surface area contributed by atoms with E-state index in [1.165, 1.54) is 12.3 Å². The Labute approximate surface area is 93.9 Å². The summed E-state index contributed by atoms with van der Waals surface area (Å²) in [5.41, 5.74) is 1.61. The van der Waals surface area contributed by atoms with Crippen LogP contribution in [-0.4, -0.2) is 18.3 Å². The largest absolute Gasteiger partial charge is 0.319 e. The Bertz CT molecular complexity index is 598. The predicted octanol–water partition coefficient (Wildman–Crippen LogP) is 2.93. The summed E-state index contributed by atoms with van der Waals surface area (Å²) in [6, 6.07) is 5.11. The fourth-order valence-electron chi connectivity index (χ4n) is 1.98. The number of nitrogens with zero attached hydrogens (tertiary/aromatic N) is 1. The molecule has 0 radical (unpaired) electrons. The van der Waals surface area contributed by atoms with E-state index in [1.807, 2.05) is 19.1 Å². The number of pyridine rings is 1. The first-order chi connectivity index (χ1) is 7.39. The third kappa shape index (κ3) is 1.88. The number of rotatable bonds is 1. The highest BCUT2D eigenvalue weighted by atomic mass is 31.2. The minimum atomic E-state index is -2.43. The molecule has 0 N–H and O–H groups in total. The van der Waals surface area contributed by atoms with Crippen LogP contribution in [0.5, 0.6) is 0 Å². The first-order valence-electron chi connectivity index (χ1n) is 5.00. The van der Waals surface area contributed by atoms with Gasteiger partial charge in [-0.25, -0.2) is 4.39 Å².